The van der Waals surface area contributed by atoms with Crippen LogP contribution in [0.3, 0.4) is 0 Å². The molecule has 1 N–H and O–H groups in total. The molecule has 0 unspecified atom stereocenters. The molecule has 3 aromatic rings. The number of nitrogens with one attached hydrogen (secondary N) is 1. The van der Waals surface area contributed by atoms with E-state index in [1.807, 2.05) is 51.1 Å². The van der Waals surface area contributed by atoms with Crippen LogP contribution in [0.2, 0.25) is 0 Å². The van der Waals surface area contributed by atoms with Gasteiger partial charge < -0.3 is 14.3 Å². The summed E-state index contributed by atoms with van der Waals surface area (Å²) in [5.41, 5.74) is 5.38. The van der Waals surface area contributed by atoms with Crippen LogP contribution in [0.5, 0.6) is 0 Å². The second kappa shape index (κ2) is 10.5. The normalized spacial score (nSPS) is 11.0. The number of hydrogen-bond donors (Lipinski definition) is 1. The Morgan fingerprint density at radius 2 is 1.97 bits per heavy atom. The number of nitrogens with zero attached hydrogens (tertiary/aromatic N) is 2. The summed E-state index contributed by atoms with van der Waals surface area (Å²) in [6, 6.07) is 10.0. The molecule has 0 saturated heterocycles. The molecular weight excluding hydrogens is 362 g/mol. The lowest BCUT2D eigenvalue weighted by atomic mass is 10.1. The lowest BCUT2D eigenvalue weighted by Gasteiger charge is -2.09. The van der Waals surface area contributed by atoms with Crippen LogP contribution in [0, 0.1) is 6.92 Å². The van der Waals surface area contributed by atoms with E-state index in [0.29, 0.717) is 25.3 Å². The lowest BCUT2D eigenvalue weighted by molar-refractivity contribution is -0.109. The summed E-state index contributed by atoms with van der Waals surface area (Å²) in [5.74, 6) is 2.30. The number of carbonyl (C=O) groups is 1. The number of para-hydroxylation sites is 1. The van der Waals surface area contributed by atoms with Crippen LogP contribution >= 0.6 is 0 Å². The van der Waals surface area contributed by atoms with Crippen LogP contribution in [-0.2, 0) is 11.3 Å². The summed E-state index contributed by atoms with van der Waals surface area (Å²) < 4.78 is 8.26. The molecule has 0 aliphatic heterocycles. The molecule has 5 nitrogen and oxygen atoms in total. The first-order chi connectivity index (χ1) is 14.0. The van der Waals surface area contributed by atoms with Gasteiger partial charge in [-0.2, -0.15) is 0 Å². The van der Waals surface area contributed by atoms with Crippen molar-refractivity contribution in [2.24, 2.45) is 0 Å². The Balaban J connectivity index is 0.00000145. The number of aryl methyl sites for hydroxylation is 1. The second-order valence-corrected chi connectivity index (χ2v) is 6.73. The largest absolute Gasteiger partial charge is 0.453 e. The van der Waals surface area contributed by atoms with E-state index < -0.39 is 0 Å². The minimum atomic E-state index is 0.530. The van der Waals surface area contributed by atoms with Gasteiger partial charge in [0.15, 0.2) is 11.6 Å². The SMILES string of the molecule is C/C=C(\C=C(C)C)c1ccc(-c2nc3cccc(C)c3n2CCNC=O)o1.CC. The van der Waals surface area contributed by atoms with Gasteiger partial charge in [0.05, 0.1) is 11.0 Å². The lowest BCUT2D eigenvalue weighted by Crippen LogP contribution is -2.18. The third-order valence-corrected chi connectivity index (χ3v) is 4.40. The van der Waals surface area contributed by atoms with Gasteiger partial charge >= 0.3 is 0 Å². The van der Waals surface area contributed by atoms with Gasteiger partial charge in [0, 0.05) is 18.7 Å². The quantitative estimate of drug-likeness (QED) is 0.316. The third-order valence-electron chi connectivity index (χ3n) is 4.40. The number of imidazole rings is 1. The van der Waals surface area contributed by atoms with Crippen molar-refractivity contribution in [3.63, 3.8) is 0 Å². The van der Waals surface area contributed by atoms with Crippen LogP contribution in [0.1, 0.15) is 45.9 Å². The molecule has 154 valence electrons. The molecule has 0 aliphatic carbocycles. The number of carbonyl (C=O) groups excluding carboxylic acids is 1. The molecule has 0 aliphatic rings. The summed E-state index contributed by atoms with van der Waals surface area (Å²) in [6.45, 7) is 13.3. The van der Waals surface area contributed by atoms with E-state index >= 15 is 0 Å². The van der Waals surface area contributed by atoms with E-state index in [9.17, 15) is 4.79 Å². The molecule has 0 saturated carbocycles. The standard InChI is InChI=1S/C22H25N3O2.C2H6/c1-5-17(13-15(2)3)19-9-10-20(27-19)22-24-18-8-6-7-16(4)21(18)25(22)12-11-23-14-26;1-2/h5-10,13-14H,11-12H2,1-4H3,(H,23,26);1-2H3/b17-5+;. The number of benzene rings is 1. The molecule has 0 radical (unpaired) electrons. The Hall–Kier alpha value is -3.08. The first-order valence-electron chi connectivity index (χ1n) is 10.1. The van der Waals surface area contributed by atoms with Crippen molar-refractivity contribution in [2.45, 2.75) is 48.1 Å². The van der Waals surface area contributed by atoms with E-state index in [-0.39, 0.29) is 0 Å². The average molecular weight is 394 g/mol. The number of aromatic nitrogens is 2. The fraction of sp³-hybridized carbons (Fsp3) is 0.333. The molecule has 0 spiro atoms. The molecule has 2 aromatic heterocycles. The Bertz CT molecular complexity index is 1020. The van der Waals surface area contributed by atoms with E-state index in [2.05, 4.69) is 42.8 Å². The maximum absolute atomic E-state index is 10.7. The average Bonchev–Trinajstić information content (AvgIpc) is 3.33. The van der Waals surface area contributed by atoms with Crippen LogP contribution in [-0.4, -0.2) is 22.5 Å². The molecule has 2 heterocycles. The van der Waals surface area contributed by atoms with Gasteiger partial charge in [0.25, 0.3) is 0 Å². The van der Waals surface area contributed by atoms with Gasteiger partial charge in [0.1, 0.15) is 5.76 Å². The zero-order valence-corrected chi connectivity index (χ0v) is 18.2. The summed E-state index contributed by atoms with van der Waals surface area (Å²) in [7, 11) is 0. The number of rotatable bonds is 7. The summed E-state index contributed by atoms with van der Waals surface area (Å²) in [6.07, 6.45) is 4.86. The molecule has 0 bridgehead atoms. The minimum absolute atomic E-state index is 0.530. The minimum Gasteiger partial charge on any atom is -0.453 e. The van der Waals surface area contributed by atoms with Crippen molar-refractivity contribution in [1.29, 1.82) is 0 Å². The second-order valence-electron chi connectivity index (χ2n) is 6.73. The van der Waals surface area contributed by atoms with Crippen molar-refractivity contribution in [1.82, 2.24) is 14.9 Å². The van der Waals surface area contributed by atoms with E-state index in [0.717, 1.165) is 33.8 Å². The maximum atomic E-state index is 10.7. The first kappa shape index (κ1) is 22.2. The smallest absolute Gasteiger partial charge is 0.207 e. The van der Waals surface area contributed by atoms with Crippen LogP contribution in [0.25, 0.3) is 28.2 Å². The molecule has 1 aromatic carbocycles. The number of fused-ring (bicyclic) bond motifs is 1. The molecular formula is C24H31N3O2. The molecule has 1 amide bonds. The number of allylic oxidation sites excluding steroid dienone is 4. The predicted molar refractivity (Wildman–Crippen MR) is 121 cm³/mol. The number of hydrogen-bond acceptors (Lipinski definition) is 3. The van der Waals surface area contributed by atoms with Crippen molar-refractivity contribution in [2.75, 3.05) is 6.54 Å². The molecule has 0 fully saturated rings. The van der Waals surface area contributed by atoms with E-state index in [1.165, 1.54) is 5.57 Å². The Morgan fingerprint density at radius 1 is 1.21 bits per heavy atom. The molecule has 5 heteroatoms. The summed E-state index contributed by atoms with van der Waals surface area (Å²) in [5, 5.41) is 2.73. The van der Waals surface area contributed by atoms with Gasteiger partial charge in [-0.25, -0.2) is 4.98 Å². The number of furan rings is 1. The Labute approximate surface area is 173 Å². The summed E-state index contributed by atoms with van der Waals surface area (Å²) >= 11 is 0. The van der Waals surface area contributed by atoms with Gasteiger partial charge in [-0.1, -0.05) is 43.7 Å². The molecule has 29 heavy (non-hydrogen) atoms. The fourth-order valence-electron chi connectivity index (χ4n) is 3.23. The maximum Gasteiger partial charge on any atom is 0.207 e. The number of amides is 1. The van der Waals surface area contributed by atoms with Gasteiger partial charge in [0.2, 0.25) is 6.41 Å². The van der Waals surface area contributed by atoms with E-state index in [4.69, 9.17) is 9.40 Å². The fourth-order valence-corrected chi connectivity index (χ4v) is 3.23. The van der Waals surface area contributed by atoms with Crippen molar-refractivity contribution in [3.8, 4) is 11.6 Å². The predicted octanol–water partition coefficient (Wildman–Crippen LogP) is 5.75. The highest BCUT2D eigenvalue weighted by Gasteiger charge is 2.17. The highest BCUT2D eigenvalue weighted by atomic mass is 16.3. The van der Waals surface area contributed by atoms with E-state index in [1.54, 1.807) is 0 Å². The van der Waals surface area contributed by atoms with Crippen LogP contribution < -0.4 is 5.32 Å². The summed E-state index contributed by atoms with van der Waals surface area (Å²) in [4.78, 5) is 15.5. The van der Waals surface area contributed by atoms with Crippen LogP contribution in [0.15, 0.2) is 52.5 Å². The Morgan fingerprint density at radius 3 is 2.62 bits per heavy atom. The topological polar surface area (TPSA) is 60.1 Å². The molecule has 3 rings (SSSR count). The van der Waals surface area contributed by atoms with Gasteiger partial charge in [-0.15, -0.1) is 0 Å². The molecule has 0 atom stereocenters. The van der Waals surface area contributed by atoms with Gasteiger partial charge in [-0.05, 0) is 51.5 Å². The highest BCUT2D eigenvalue weighted by molar-refractivity contribution is 5.83. The monoisotopic (exact) mass is 393 g/mol. The third kappa shape index (κ3) is 5.05. The van der Waals surface area contributed by atoms with Crippen molar-refractivity contribution < 1.29 is 9.21 Å². The Kier molecular flexibility index (Phi) is 8.01. The zero-order chi connectivity index (χ0) is 21.4. The first-order valence-corrected chi connectivity index (χ1v) is 10.1. The van der Waals surface area contributed by atoms with Gasteiger partial charge in [-0.3, -0.25) is 4.79 Å². The van der Waals surface area contributed by atoms with Crippen molar-refractivity contribution >= 4 is 23.0 Å². The van der Waals surface area contributed by atoms with Crippen LogP contribution in [0.4, 0.5) is 0 Å². The highest BCUT2D eigenvalue weighted by Crippen LogP contribution is 2.30. The van der Waals surface area contributed by atoms with Crippen molar-refractivity contribution in [3.05, 3.63) is 59.4 Å². The zero-order valence-electron chi connectivity index (χ0n) is 18.2.